The van der Waals surface area contributed by atoms with Crippen LogP contribution in [0.25, 0.3) is 0 Å². The lowest BCUT2D eigenvalue weighted by molar-refractivity contribution is 0.233. The Morgan fingerprint density at radius 3 is 0.867 bits per heavy atom. The summed E-state index contributed by atoms with van der Waals surface area (Å²) in [7, 11) is 0. The molecule has 0 aromatic rings. The van der Waals surface area contributed by atoms with E-state index in [9.17, 15) is 0 Å². The molecule has 92 valence electrons. The molecule has 0 spiro atoms. The largest absolute Gasteiger partial charge is 0.0683 e. The minimum absolute atomic E-state index is 0.990. The second-order valence-corrected chi connectivity index (χ2v) is 5.44. The Bertz CT molecular complexity index is 95.0. The molecular formula is C15H32. The van der Waals surface area contributed by atoms with E-state index >= 15 is 0 Å². The fourth-order valence-electron chi connectivity index (χ4n) is 2.60. The lowest BCUT2D eigenvalue weighted by Gasteiger charge is -2.28. The molecule has 0 N–H and O–H groups in total. The van der Waals surface area contributed by atoms with Gasteiger partial charge in [-0.25, -0.2) is 0 Å². The predicted octanol–water partition coefficient (Wildman–Crippen LogP) is 5.67. The first-order valence-electron chi connectivity index (χ1n) is 7.18. The molecule has 0 saturated heterocycles. The molecule has 2 saturated carbocycles. The monoisotopic (exact) mass is 212 g/mol. The maximum atomic E-state index is 2.38. The minimum atomic E-state index is 0.990. The van der Waals surface area contributed by atoms with Crippen LogP contribution in [-0.4, -0.2) is 0 Å². The molecule has 0 aromatic heterocycles. The van der Waals surface area contributed by atoms with E-state index in [1.165, 1.54) is 44.9 Å². The van der Waals surface area contributed by atoms with Gasteiger partial charge in [0, 0.05) is 0 Å². The molecule has 0 atom stereocenters. The average molecular weight is 212 g/mol. The van der Waals surface area contributed by atoms with Crippen LogP contribution in [0.5, 0.6) is 0 Å². The van der Waals surface area contributed by atoms with Crippen LogP contribution in [0.1, 0.15) is 79.6 Å². The van der Waals surface area contributed by atoms with Gasteiger partial charge in [-0.1, -0.05) is 60.3 Å². The summed E-state index contributed by atoms with van der Waals surface area (Å²) in [5, 5.41) is 0. The molecule has 0 aromatic carbocycles. The van der Waals surface area contributed by atoms with Crippen molar-refractivity contribution in [1.29, 1.82) is 0 Å². The molecule has 2 aliphatic carbocycles. The van der Waals surface area contributed by atoms with Gasteiger partial charge in [-0.2, -0.15) is 0 Å². The molecule has 0 aliphatic heterocycles. The third-order valence-corrected chi connectivity index (χ3v) is 3.41. The van der Waals surface area contributed by atoms with E-state index in [4.69, 9.17) is 0 Å². The normalized spacial score (nSPS) is 33.8. The van der Waals surface area contributed by atoms with Crippen LogP contribution >= 0.6 is 0 Å². The maximum Gasteiger partial charge on any atom is -0.0438 e. The van der Waals surface area contributed by atoms with Crippen LogP contribution in [0.3, 0.4) is 0 Å². The van der Waals surface area contributed by atoms with Crippen molar-refractivity contribution < 1.29 is 0 Å². The Morgan fingerprint density at radius 2 is 0.733 bits per heavy atom. The third-order valence-electron chi connectivity index (χ3n) is 3.41. The second kappa shape index (κ2) is 9.24. The first kappa shape index (κ1) is 15.0. The maximum absolute atomic E-state index is 2.38. The van der Waals surface area contributed by atoms with Gasteiger partial charge in [0.05, 0.1) is 0 Å². The van der Waals surface area contributed by atoms with Crippen LogP contribution in [0.4, 0.5) is 0 Å². The molecular weight excluding hydrogens is 180 g/mol. The van der Waals surface area contributed by atoms with Crippen molar-refractivity contribution in [2.45, 2.75) is 79.6 Å². The summed E-state index contributed by atoms with van der Waals surface area (Å²) in [5.41, 5.74) is 0. The SMILES string of the molecule is C1CCC1.CC.CC1CC(C)CC(C)C1. The lowest BCUT2D eigenvalue weighted by Crippen LogP contribution is -2.16. The van der Waals surface area contributed by atoms with Crippen LogP contribution in [0, 0.1) is 17.8 Å². The predicted molar refractivity (Wildman–Crippen MR) is 71.2 cm³/mol. The first-order valence-corrected chi connectivity index (χ1v) is 7.18. The molecule has 0 heterocycles. The smallest absolute Gasteiger partial charge is 0.0438 e. The molecule has 0 bridgehead atoms. The fourth-order valence-corrected chi connectivity index (χ4v) is 2.60. The second-order valence-electron chi connectivity index (χ2n) is 5.44. The van der Waals surface area contributed by atoms with E-state index in [0.29, 0.717) is 0 Å². The summed E-state index contributed by atoms with van der Waals surface area (Å²) < 4.78 is 0. The van der Waals surface area contributed by atoms with Crippen molar-refractivity contribution in [2.24, 2.45) is 17.8 Å². The molecule has 0 heteroatoms. The average Bonchev–Trinajstić information content (AvgIpc) is 2.01. The van der Waals surface area contributed by atoms with E-state index in [1.54, 1.807) is 0 Å². The van der Waals surface area contributed by atoms with Gasteiger partial charge in [0.25, 0.3) is 0 Å². The molecule has 0 nitrogen and oxygen atoms in total. The van der Waals surface area contributed by atoms with Gasteiger partial charge in [-0.15, -0.1) is 0 Å². The number of hydrogen-bond acceptors (Lipinski definition) is 0. The molecule has 2 fully saturated rings. The quantitative estimate of drug-likeness (QED) is 0.485. The molecule has 15 heavy (non-hydrogen) atoms. The van der Waals surface area contributed by atoms with Crippen LogP contribution < -0.4 is 0 Å². The molecule has 2 aliphatic rings. The Labute approximate surface area is 97.8 Å². The zero-order valence-corrected chi connectivity index (χ0v) is 11.7. The number of hydrogen-bond donors (Lipinski definition) is 0. The Morgan fingerprint density at radius 1 is 0.533 bits per heavy atom. The topological polar surface area (TPSA) is 0 Å². The standard InChI is InChI=1S/C9H18.C4H8.C2H6/c1-7-4-8(2)6-9(3)5-7;1-2-4-3-1;1-2/h7-9H,4-6H2,1-3H3;1-4H2;1-2H3. The van der Waals surface area contributed by atoms with Crippen molar-refractivity contribution >= 4 is 0 Å². The zero-order valence-electron chi connectivity index (χ0n) is 11.7. The van der Waals surface area contributed by atoms with E-state index in [1.807, 2.05) is 13.8 Å². The van der Waals surface area contributed by atoms with E-state index in [-0.39, 0.29) is 0 Å². The molecule has 0 radical (unpaired) electrons. The summed E-state index contributed by atoms with van der Waals surface area (Å²) >= 11 is 0. The van der Waals surface area contributed by atoms with Gasteiger partial charge < -0.3 is 0 Å². The van der Waals surface area contributed by atoms with Crippen LogP contribution in [-0.2, 0) is 0 Å². The summed E-state index contributed by atoms with van der Waals surface area (Å²) in [4.78, 5) is 0. The highest BCUT2D eigenvalue weighted by molar-refractivity contribution is 4.71. The highest BCUT2D eigenvalue weighted by Crippen LogP contribution is 2.31. The van der Waals surface area contributed by atoms with Crippen molar-refractivity contribution in [3.63, 3.8) is 0 Å². The minimum Gasteiger partial charge on any atom is -0.0683 e. The molecule has 0 unspecified atom stereocenters. The highest BCUT2D eigenvalue weighted by Gasteiger charge is 2.19. The summed E-state index contributed by atoms with van der Waals surface area (Å²) in [6.07, 6.45) is 10.4. The van der Waals surface area contributed by atoms with Crippen molar-refractivity contribution in [3.8, 4) is 0 Å². The van der Waals surface area contributed by atoms with Gasteiger partial charge in [-0.05, 0) is 37.0 Å². The van der Waals surface area contributed by atoms with Gasteiger partial charge in [0.1, 0.15) is 0 Å². The highest BCUT2D eigenvalue weighted by atomic mass is 14.3. The van der Waals surface area contributed by atoms with Crippen molar-refractivity contribution in [3.05, 3.63) is 0 Å². The Hall–Kier alpha value is 0. The zero-order chi connectivity index (χ0) is 11.7. The third kappa shape index (κ3) is 7.88. The summed E-state index contributed by atoms with van der Waals surface area (Å²) in [6.45, 7) is 11.1. The Kier molecular flexibility index (Phi) is 9.24. The van der Waals surface area contributed by atoms with E-state index in [2.05, 4.69) is 20.8 Å². The summed E-state index contributed by atoms with van der Waals surface area (Å²) in [6, 6.07) is 0. The van der Waals surface area contributed by atoms with Crippen molar-refractivity contribution in [1.82, 2.24) is 0 Å². The summed E-state index contributed by atoms with van der Waals surface area (Å²) in [5.74, 6) is 2.97. The van der Waals surface area contributed by atoms with Gasteiger partial charge in [0.2, 0.25) is 0 Å². The van der Waals surface area contributed by atoms with Crippen LogP contribution in [0.15, 0.2) is 0 Å². The fraction of sp³-hybridized carbons (Fsp3) is 1.00. The lowest BCUT2D eigenvalue weighted by atomic mass is 9.78. The molecule has 0 amide bonds. The molecule has 2 rings (SSSR count). The van der Waals surface area contributed by atoms with Gasteiger partial charge in [0.15, 0.2) is 0 Å². The van der Waals surface area contributed by atoms with Crippen molar-refractivity contribution in [2.75, 3.05) is 0 Å². The van der Waals surface area contributed by atoms with Gasteiger partial charge >= 0.3 is 0 Å². The number of rotatable bonds is 0. The van der Waals surface area contributed by atoms with E-state index < -0.39 is 0 Å². The Balaban J connectivity index is 0.000000272. The van der Waals surface area contributed by atoms with Gasteiger partial charge in [-0.3, -0.25) is 0 Å². The van der Waals surface area contributed by atoms with Crippen LogP contribution in [0.2, 0.25) is 0 Å². The van der Waals surface area contributed by atoms with E-state index in [0.717, 1.165) is 17.8 Å². The first-order chi connectivity index (χ1) is 7.18.